The van der Waals surface area contributed by atoms with Crippen molar-refractivity contribution < 1.29 is 4.74 Å². The fourth-order valence-electron chi connectivity index (χ4n) is 2.14. The van der Waals surface area contributed by atoms with Gasteiger partial charge in [-0.1, -0.05) is 12.1 Å². The van der Waals surface area contributed by atoms with E-state index >= 15 is 0 Å². The van der Waals surface area contributed by atoms with Gasteiger partial charge in [0.15, 0.2) is 0 Å². The van der Waals surface area contributed by atoms with Crippen molar-refractivity contribution in [1.82, 2.24) is 5.32 Å². The van der Waals surface area contributed by atoms with Crippen molar-refractivity contribution in [3.8, 4) is 6.07 Å². The van der Waals surface area contributed by atoms with Gasteiger partial charge >= 0.3 is 0 Å². The van der Waals surface area contributed by atoms with Crippen molar-refractivity contribution in [2.75, 3.05) is 13.7 Å². The fraction of sp³-hybridized carbons (Fsp3) is 0.462. The normalized spacial score (nSPS) is 25.0. The lowest BCUT2D eigenvalue weighted by molar-refractivity contribution is 0.0619. The molecule has 16 heavy (non-hydrogen) atoms. The smallest absolute Gasteiger partial charge is 0.0991 e. The number of nitriles is 1. The lowest BCUT2D eigenvalue weighted by atomic mass is 9.95. The lowest BCUT2D eigenvalue weighted by Gasteiger charge is -2.29. The second kappa shape index (κ2) is 5.11. The quantitative estimate of drug-likeness (QED) is 0.822. The van der Waals surface area contributed by atoms with Gasteiger partial charge in [0.1, 0.15) is 0 Å². The molecule has 2 rings (SSSR count). The maximum atomic E-state index is 8.73. The van der Waals surface area contributed by atoms with Crippen LogP contribution in [0.15, 0.2) is 24.3 Å². The molecule has 1 aromatic rings. The van der Waals surface area contributed by atoms with E-state index in [0.29, 0.717) is 17.7 Å². The van der Waals surface area contributed by atoms with E-state index in [1.807, 2.05) is 24.3 Å². The number of hydrogen-bond acceptors (Lipinski definition) is 3. The Hall–Kier alpha value is -1.37. The summed E-state index contributed by atoms with van der Waals surface area (Å²) in [6.07, 6.45) is 2.42. The summed E-state index contributed by atoms with van der Waals surface area (Å²) in [6, 6.07) is 10.3. The van der Waals surface area contributed by atoms with Crippen molar-refractivity contribution in [2.24, 2.45) is 0 Å². The molecule has 1 aliphatic rings. The fourth-order valence-corrected chi connectivity index (χ4v) is 2.14. The molecular formula is C13H16N2O. The van der Waals surface area contributed by atoms with Crippen molar-refractivity contribution in [3.05, 3.63) is 35.4 Å². The van der Waals surface area contributed by atoms with Crippen LogP contribution >= 0.6 is 0 Å². The predicted octanol–water partition coefficient (Wildman–Crippen LogP) is 2.00. The first-order chi connectivity index (χ1) is 7.83. The van der Waals surface area contributed by atoms with E-state index in [-0.39, 0.29) is 0 Å². The average Bonchev–Trinajstić information content (AvgIpc) is 2.39. The van der Waals surface area contributed by atoms with Gasteiger partial charge in [0.25, 0.3) is 0 Å². The van der Waals surface area contributed by atoms with E-state index in [1.165, 1.54) is 5.56 Å². The summed E-state index contributed by atoms with van der Waals surface area (Å²) in [6.45, 7) is 0.989. The molecule has 84 valence electrons. The van der Waals surface area contributed by atoms with Crippen LogP contribution in [-0.2, 0) is 4.74 Å². The highest BCUT2D eigenvalue weighted by Crippen LogP contribution is 2.24. The largest absolute Gasteiger partial charge is 0.381 e. The molecule has 2 atom stereocenters. The van der Waals surface area contributed by atoms with Crippen LogP contribution < -0.4 is 5.32 Å². The van der Waals surface area contributed by atoms with Gasteiger partial charge in [-0.15, -0.1) is 0 Å². The first-order valence-corrected chi connectivity index (χ1v) is 5.59. The number of hydrogen-bond donors (Lipinski definition) is 1. The van der Waals surface area contributed by atoms with Crippen LogP contribution in [0.25, 0.3) is 0 Å². The zero-order valence-electron chi connectivity index (χ0n) is 9.44. The third-order valence-corrected chi connectivity index (χ3v) is 3.13. The number of nitrogens with one attached hydrogen (secondary N) is 1. The van der Waals surface area contributed by atoms with E-state index in [4.69, 9.17) is 10.00 Å². The predicted molar refractivity (Wildman–Crippen MR) is 61.9 cm³/mol. The molecule has 3 nitrogen and oxygen atoms in total. The van der Waals surface area contributed by atoms with Gasteiger partial charge < -0.3 is 10.1 Å². The van der Waals surface area contributed by atoms with Crippen molar-refractivity contribution in [3.63, 3.8) is 0 Å². The summed E-state index contributed by atoms with van der Waals surface area (Å²) in [7, 11) is 1.77. The van der Waals surface area contributed by atoms with Crippen LogP contribution in [0.5, 0.6) is 0 Å². The number of nitrogens with zero attached hydrogens (tertiary/aromatic N) is 1. The minimum atomic E-state index is 0.349. The molecule has 0 radical (unpaired) electrons. The number of piperidine rings is 1. The third kappa shape index (κ3) is 2.41. The Morgan fingerprint density at radius 2 is 2.12 bits per heavy atom. The molecule has 1 fully saturated rings. The minimum absolute atomic E-state index is 0.349. The van der Waals surface area contributed by atoms with E-state index in [1.54, 1.807) is 7.11 Å². The molecule has 0 spiro atoms. The highest BCUT2D eigenvalue weighted by molar-refractivity contribution is 5.33. The molecule has 1 saturated heterocycles. The molecular weight excluding hydrogens is 200 g/mol. The Labute approximate surface area is 96.0 Å². The topological polar surface area (TPSA) is 45.0 Å². The molecule has 3 heteroatoms. The molecule has 0 amide bonds. The standard InChI is InChI=1S/C13H16N2O/c1-16-12-6-7-15-13(8-12)11-4-2-10(9-14)3-5-11/h2-5,12-13,15H,6-8H2,1H3/t12-,13+/m1/s1. The maximum Gasteiger partial charge on any atom is 0.0991 e. The Kier molecular flexibility index (Phi) is 3.55. The van der Waals surface area contributed by atoms with Crippen LogP contribution in [-0.4, -0.2) is 19.8 Å². The van der Waals surface area contributed by atoms with Crippen LogP contribution in [0.2, 0.25) is 0 Å². The van der Waals surface area contributed by atoms with E-state index in [0.717, 1.165) is 19.4 Å². The van der Waals surface area contributed by atoms with Crippen LogP contribution in [0.4, 0.5) is 0 Å². The molecule has 0 saturated carbocycles. The van der Waals surface area contributed by atoms with Crippen molar-refractivity contribution in [2.45, 2.75) is 25.0 Å². The lowest BCUT2D eigenvalue weighted by Crippen LogP contribution is -2.35. The molecule has 1 N–H and O–H groups in total. The summed E-state index contributed by atoms with van der Waals surface area (Å²) in [5, 5.41) is 12.2. The molecule has 0 unspecified atom stereocenters. The summed E-state index contributed by atoms with van der Waals surface area (Å²) >= 11 is 0. The maximum absolute atomic E-state index is 8.73. The van der Waals surface area contributed by atoms with Gasteiger partial charge in [-0.25, -0.2) is 0 Å². The number of ether oxygens (including phenoxy) is 1. The monoisotopic (exact) mass is 216 g/mol. The third-order valence-electron chi connectivity index (χ3n) is 3.13. The van der Waals surface area contributed by atoms with E-state index in [2.05, 4.69) is 11.4 Å². The first kappa shape index (κ1) is 11.1. The van der Waals surface area contributed by atoms with Gasteiger partial charge in [0.05, 0.1) is 17.7 Å². The number of benzene rings is 1. The number of methoxy groups -OCH3 is 1. The second-order valence-corrected chi connectivity index (χ2v) is 4.12. The van der Waals surface area contributed by atoms with Gasteiger partial charge in [-0.2, -0.15) is 5.26 Å². The van der Waals surface area contributed by atoms with E-state index in [9.17, 15) is 0 Å². The van der Waals surface area contributed by atoms with Crippen molar-refractivity contribution >= 4 is 0 Å². The van der Waals surface area contributed by atoms with Gasteiger partial charge in [0, 0.05) is 13.2 Å². The van der Waals surface area contributed by atoms with E-state index < -0.39 is 0 Å². The number of rotatable bonds is 2. The Morgan fingerprint density at radius 3 is 2.75 bits per heavy atom. The molecule has 0 aliphatic carbocycles. The Balaban J connectivity index is 2.08. The van der Waals surface area contributed by atoms with Crippen molar-refractivity contribution in [1.29, 1.82) is 5.26 Å². The zero-order valence-corrected chi connectivity index (χ0v) is 9.44. The molecule has 0 aromatic heterocycles. The SMILES string of the molecule is CO[C@@H]1CCN[C@H](c2ccc(C#N)cc2)C1. The Morgan fingerprint density at radius 1 is 1.38 bits per heavy atom. The van der Waals surface area contributed by atoms with Gasteiger partial charge in [0.2, 0.25) is 0 Å². The average molecular weight is 216 g/mol. The Bertz CT molecular complexity index is 380. The van der Waals surface area contributed by atoms with Gasteiger partial charge in [-0.3, -0.25) is 0 Å². The molecule has 1 aromatic carbocycles. The minimum Gasteiger partial charge on any atom is -0.381 e. The van der Waals surface area contributed by atoms with Crippen LogP contribution in [0.3, 0.4) is 0 Å². The zero-order chi connectivity index (χ0) is 11.4. The van der Waals surface area contributed by atoms with Crippen LogP contribution in [0.1, 0.15) is 30.0 Å². The summed E-state index contributed by atoms with van der Waals surface area (Å²) in [5.41, 5.74) is 1.95. The summed E-state index contributed by atoms with van der Waals surface area (Å²) in [4.78, 5) is 0. The van der Waals surface area contributed by atoms with Gasteiger partial charge in [-0.05, 0) is 37.1 Å². The van der Waals surface area contributed by atoms with Crippen LogP contribution in [0, 0.1) is 11.3 Å². The second-order valence-electron chi connectivity index (χ2n) is 4.12. The highest BCUT2D eigenvalue weighted by Gasteiger charge is 2.22. The summed E-state index contributed by atoms with van der Waals surface area (Å²) in [5.74, 6) is 0. The highest BCUT2D eigenvalue weighted by atomic mass is 16.5. The molecule has 0 bridgehead atoms. The summed E-state index contributed by atoms with van der Waals surface area (Å²) < 4.78 is 5.40. The molecule has 1 aliphatic heterocycles. The first-order valence-electron chi connectivity index (χ1n) is 5.59. The molecule has 1 heterocycles.